The van der Waals surface area contributed by atoms with Crippen molar-refractivity contribution in [3.8, 4) is 6.07 Å². The van der Waals surface area contributed by atoms with Gasteiger partial charge in [-0.1, -0.05) is 0 Å². The summed E-state index contributed by atoms with van der Waals surface area (Å²) in [5, 5.41) is 13.1. The average molecular weight is 260 g/mol. The van der Waals surface area contributed by atoms with Gasteiger partial charge >= 0.3 is 6.03 Å². The van der Waals surface area contributed by atoms with Gasteiger partial charge in [0.15, 0.2) is 0 Å². The smallest absolute Gasteiger partial charge is 0.332 e. The highest BCUT2D eigenvalue weighted by Gasteiger charge is 2.49. The van der Waals surface area contributed by atoms with Gasteiger partial charge in [0.1, 0.15) is 0 Å². The summed E-state index contributed by atoms with van der Waals surface area (Å²) in [5.41, 5.74) is 8.23. The van der Waals surface area contributed by atoms with E-state index < -0.39 is 6.03 Å². The molecule has 5 nitrogen and oxygen atoms in total. The van der Waals surface area contributed by atoms with Crippen molar-refractivity contribution in [1.82, 2.24) is 5.43 Å². The number of nitrogens with two attached hydrogens (primary N) is 1. The zero-order valence-electron chi connectivity index (χ0n) is 11.0. The maximum atomic E-state index is 10.8. The van der Waals surface area contributed by atoms with Gasteiger partial charge in [-0.2, -0.15) is 10.4 Å². The first-order chi connectivity index (χ1) is 9.17. The summed E-state index contributed by atoms with van der Waals surface area (Å²) >= 11 is 0. The molecule has 0 heterocycles. The molecule has 0 aromatic rings. The quantitative estimate of drug-likeness (QED) is 0.600. The summed E-state index contributed by atoms with van der Waals surface area (Å²) in [4.78, 5) is 10.8. The number of amides is 2. The van der Waals surface area contributed by atoms with Crippen molar-refractivity contribution in [2.75, 3.05) is 0 Å². The van der Waals surface area contributed by atoms with Crippen LogP contribution >= 0.6 is 0 Å². The van der Waals surface area contributed by atoms with Crippen molar-refractivity contribution in [2.24, 2.45) is 40.4 Å². The number of carbonyl (C=O) groups is 1. The maximum Gasteiger partial charge on any atom is 0.332 e. The molecule has 2 amide bonds. The Morgan fingerprint density at radius 3 is 2.26 bits per heavy atom. The number of urea groups is 1. The van der Waals surface area contributed by atoms with Crippen LogP contribution in [0.3, 0.4) is 0 Å². The molecule has 4 fully saturated rings. The number of hydrogen-bond donors (Lipinski definition) is 2. The van der Waals surface area contributed by atoms with Crippen molar-refractivity contribution in [1.29, 1.82) is 5.26 Å². The topological polar surface area (TPSA) is 91.3 Å². The summed E-state index contributed by atoms with van der Waals surface area (Å²) in [6, 6.07) is 1.52. The van der Waals surface area contributed by atoms with Crippen LogP contribution in [-0.4, -0.2) is 11.7 Å². The zero-order chi connectivity index (χ0) is 13.4. The SMILES string of the molecule is N#CC/C(=N\NC(N)=O)C1C2CC3CC(C2)CC1C3. The van der Waals surface area contributed by atoms with E-state index in [1.807, 2.05) is 0 Å². The predicted octanol–water partition coefficient (Wildman–Crippen LogP) is 2.00. The van der Waals surface area contributed by atoms with Gasteiger partial charge in [-0.3, -0.25) is 0 Å². The molecule has 19 heavy (non-hydrogen) atoms. The van der Waals surface area contributed by atoms with E-state index in [2.05, 4.69) is 16.6 Å². The molecule has 0 spiro atoms. The highest BCUT2D eigenvalue weighted by Crippen LogP contribution is 2.57. The van der Waals surface area contributed by atoms with E-state index in [4.69, 9.17) is 11.0 Å². The Hall–Kier alpha value is -1.57. The minimum atomic E-state index is -0.653. The Morgan fingerprint density at radius 1 is 1.21 bits per heavy atom. The summed E-state index contributed by atoms with van der Waals surface area (Å²) in [6.07, 6.45) is 6.81. The molecule has 4 saturated carbocycles. The zero-order valence-corrected chi connectivity index (χ0v) is 11.0. The standard InChI is InChI=1S/C14H20N4O/c15-2-1-12(17-18-14(16)19)13-10-4-8-3-9(6-10)7-11(13)5-8/h8-11,13H,1,3-7H2,(H3,16,18,19)/b17-12+. The molecule has 5 heteroatoms. The highest BCUT2D eigenvalue weighted by atomic mass is 16.2. The second kappa shape index (κ2) is 4.84. The molecular weight excluding hydrogens is 240 g/mol. The van der Waals surface area contributed by atoms with Crippen LogP contribution in [0.1, 0.15) is 38.5 Å². The van der Waals surface area contributed by atoms with Gasteiger partial charge in [0.2, 0.25) is 0 Å². The number of rotatable bonds is 3. The number of nitriles is 1. The fraction of sp³-hybridized carbons (Fsp3) is 0.786. The third-order valence-electron chi connectivity index (χ3n) is 5.18. The fourth-order valence-electron chi connectivity index (χ4n) is 4.91. The Labute approximate surface area is 113 Å². The molecule has 0 radical (unpaired) electrons. The third-order valence-corrected chi connectivity index (χ3v) is 5.18. The van der Waals surface area contributed by atoms with E-state index in [-0.39, 0.29) is 0 Å². The predicted molar refractivity (Wildman–Crippen MR) is 70.9 cm³/mol. The normalized spacial score (nSPS) is 39.9. The Kier molecular flexibility index (Phi) is 3.17. The number of primary amides is 1. The number of carbonyl (C=O) groups excluding carboxylic acids is 1. The van der Waals surface area contributed by atoms with E-state index in [9.17, 15) is 4.79 Å². The lowest BCUT2D eigenvalue weighted by Crippen LogP contribution is -2.48. The molecule has 0 aromatic heterocycles. The molecule has 102 valence electrons. The van der Waals surface area contributed by atoms with Crippen LogP contribution < -0.4 is 11.2 Å². The van der Waals surface area contributed by atoms with Crippen molar-refractivity contribution >= 4 is 11.7 Å². The van der Waals surface area contributed by atoms with Crippen LogP contribution in [-0.2, 0) is 0 Å². The largest absolute Gasteiger partial charge is 0.350 e. The van der Waals surface area contributed by atoms with Gasteiger partial charge in [-0.15, -0.1) is 0 Å². The average Bonchev–Trinajstić information content (AvgIpc) is 2.34. The second-order valence-electron chi connectivity index (χ2n) is 6.37. The van der Waals surface area contributed by atoms with Gasteiger partial charge in [0, 0.05) is 5.92 Å². The molecule has 0 aliphatic heterocycles. The summed E-state index contributed by atoms with van der Waals surface area (Å²) < 4.78 is 0. The Bertz CT molecular complexity index is 423. The van der Waals surface area contributed by atoms with Crippen molar-refractivity contribution in [3.63, 3.8) is 0 Å². The second-order valence-corrected chi connectivity index (χ2v) is 6.37. The molecule has 0 unspecified atom stereocenters. The summed E-state index contributed by atoms with van der Waals surface area (Å²) in [7, 11) is 0. The number of nitrogens with zero attached hydrogens (tertiary/aromatic N) is 2. The summed E-state index contributed by atoms with van der Waals surface area (Å²) in [6.45, 7) is 0. The van der Waals surface area contributed by atoms with Crippen molar-refractivity contribution < 1.29 is 4.79 Å². The molecule has 0 aromatic carbocycles. The van der Waals surface area contributed by atoms with Crippen LogP contribution in [0.4, 0.5) is 4.79 Å². The number of hydrogen-bond acceptors (Lipinski definition) is 3. The molecule has 4 bridgehead atoms. The Balaban J connectivity index is 1.80. The molecule has 0 atom stereocenters. The lowest BCUT2D eigenvalue weighted by atomic mass is 9.51. The number of nitrogens with one attached hydrogen (secondary N) is 1. The fourth-order valence-corrected chi connectivity index (χ4v) is 4.91. The van der Waals surface area contributed by atoms with E-state index >= 15 is 0 Å². The van der Waals surface area contributed by atoms with Gasteiger partial charge in [-0.05, 0) is 55.8 Å². The maximum absolute atomic E-state index is 10.8. The van der Waals surface area contributed by atoms with Crippen LogP contribution in [0.2, 0.25) is 0 Å². The first-order valence-corrected chi connectivity index (χ1v) is 7.16. The van der Waals surface area contributed by atoms with Gasteiger partial charge in [0.05, 0.1) is 18.2 Å². The van der Waals surface area contributed by atoms with Gasteiger partial charge in [-0.25, -0.2) is 10.2 Å². The number of hydrazone groups is 1. The van der Waals surface area contributed by atoms with E-state index in [1.54, 1.807) is 0 Å². The molecule has 0 saturated heterocycles. The van der Waals surface area contributed by atoms with Gasteiger partial charge in [0.25, 0.3) is 0 Å². The molecular formula is C14H20N4O. The van der Waals surface area contributed by atoms with Crippen molar-refractivity contribution in [3.05, 3.63) is 0 Å². The minimum Gasteiger partial charge on any atom is -0.350 e. The Morgan fingerprint density at radius 2 is 1.79 bits per heavy atom. The minimum absolute atomic E-state index is 0.299. The van der Waals surface area contributed by atoms with Crippen LogP contribution in [0.25, 0.3) is 0 Å². The first-order valence-electron chi connectivity index (χ1n) is 7.16. The van der Waals surface area contributed by atoms with Crippen molar-refractivity contribution in [2.45, 2.75) is 38.5 Å². The highest BCUT2D eigenvalue weighted by molar-refractivity contribution is 5.90. The van der Waals surface area contributed by atoms with E-state index in [0.29, 0.717) is 24.2 Å². The lowest BCUT2D eigenvalue weighted by molar-refractivity contribution is -0.00884. The molecule has 4 aliphatic rings. The first kappa shape index (κ1) is 12.5. The van der Waals surface area contributed by atoms with Crippen LogP contribution in [0.5, 0.6) is 0 Å². The van der Waals surface area contributed by atoms with Crippen LogP contribution in [0, 0.1) is 40.9 Å². The van der Waals surface area contributed by atoms with Gasteiger partial charge < -0.3 is 5.73 Å². The molecule has 3 N–H and O–H groups in total. The lowest BCUT2D eigenvalue weighted by Gasteiger charge is -2.54. The van der Waals surface area contributed by atoms with E-state index in [0.717, 1.165) is 17.5 Å². The van der Waals surface area contributed by atoms with E-state index in [1.165, 1.54) is 32.1 Å². The molecule has 4 aliphatic carbocycles. The monoisotopic (exact) mass is 260 g/mol. The third kappa shape index (κ3) is 2.32. The van der Waals surface area contributed by atoms with Crippen LogP contribution in [0.15, 0.2) is 5.10 Å². The molecule has 4 rings (SSSR count). The summed E-state index contributed by atoms with van der Waals surface area (Å²) in [5.74, 6) is 3.51.